The molecule has 0 saturated carbocycles. The first-order valence-electron chi connectivity index (χ1n) is 19.5. The predicted octanol–water partition coefficient (Wildman–Crippen LogP) is 10.6. The van der Waals surface area contributed by atoms with Crippen molar-refractivity contribution in [2.24, 2.45) is 5.73 Å². The van der Waals surface area contributed by atoms with Crippen molar-refractivity contribution in [3.63, 3.8) is 0 Å². The van der Waals surface area contributed by atoms with E-state index in [4.69, 9.17) is 24.3 Å². The van der Waals surface area contributed by atoms with Crippen molar-refractivity contribution in [2.75, 3.05) is 26.4 Å². The second kappa shape index (κ2) is 36.0. The minimum Gasteiger partial charge on any atom is -0.462 e. The van der Waals surface area contributed by atoms with E-state index in [0.29, 0.717) is 6.42 Å². The molecule has 0 amide bonds. The average molecular weight is 714 g/mol. The third-order valence-electron chi connectivity index (χ3n) is 8.00. The maximum atomic E-state index is 12.5. The molecule has 2 unspecified atom stereocenters. The van der Waals surface area contributed by atoms with E-state index in [1.807, 2.05) is 0 Å². The fourth-order valence-corrected chi connectivity index (χ4v) is 5.82. The van der Waals surface area contributed by atoms with E-state index in [0.717, 1.165) is 77.0 Å². The number of ether oxygens (including phenoxy) is 2. The monoisotopic (exact) mass is 713 g/mol. The Labute approximate surface area is 299 Å². The topological polar surface area (TPSA) is 134 Å². The van der Waals surface area contributed by atoms with Crippen molar-refractivity contribution in [1.29, 1.82) is 0 Å². The first kappa shape index (κ1) is 47.2. The highest BCUT2D eigenvalue weighted by atomic mass is 31.2. The second-order valence-corrected chi connectivity index (χ2v) is 14.2. The van der Waals surface area contributed by atoms with Gasteiger partial charge in [-0.05, 0) is 64.2 Å². The van der Waals surface area contributed by atoms with Crippen LogP contribution in [0.25, 0.3) is 0 Å². The molecule has 0 heterocycles. The van der Waals surface area contributed by atoms with Gasteiger partial charge in [-0.15, -0.1) is 0 Å². The van der Waals surface area contributed by atoms with Crippen molar-refractivity contribution in [1.82, 2.24) is 0 Å². The number of carbonyl (C=O) groups is 2. The Morgan fingerprint density at radius 1 is 0.612 bits per heavy atom. The number of rotatable bonds is 36. The lowest BCUT2D eigenvalue weighted by molar-refractivity contribution is -0.161. The lowest BCUT2D eigenvalue weighted by atomic mass is 10.1. The smallest absolute Gasteiger partial charge is 0.462 e. The Hall–Kier alpha value is -1.77. The van der Waals surface area contributed by atoms with Gasteiger partial charge in [0.2, 0.25) is 0 Å². The van der Waals surface area contributed by atoms with Gasteiger partial charge < -0.3 is 20.1 Å². The number of phosphoric acid groups is 1. The first-order chi connectivity index (χ1) is 23.8. The van der Waals surface area contributed by atoms with Gasteiger partial charge in [0.15, 0.2) is 6.10 Å². The number of hydrogen-bond acceptors (Lipinski definition) is 8. The third-order valence-corrected chi connectivity index (χ3v) is 8.98. The van der Waals surface area contributed by atoms with Crippen LogP contribution < -0.4 is 5.73 Å². The average Bonchev–Trinajstić information content (AvgIpc) is 3.08. The summed E-state index contributed by atoms with van der Waals surface area (Å²) in [7, 11) is -4.37. The van der Waals surface area contributed by atoms with Crippen LogP contribution >= 0.6 is 7.82 Å². The van der Waals surface area contributed by atoms with Crippen LogP contribution in [0.15, 0.2) is 36.5 Å². The van der Waals surface area contributed by atoms with E-state index in [2.05, 4.69) is 50.3 Å². The zero-order valence-electron chi connectivity index (χ0n) is 31.2. The van der Waals surface area contributed by atoms with Crippen LogP contribution in [0.2, 0.25) is 0 Å². The van der Waals surface area contributed by atoms with Crippen LogP contribution in [0.3, 0.4) is 0 Å². The van der Waals surface area contributed by atoms with Crippen LogP contribution in [0.5, 0.6) is 0 Å². The fourth-order valence-electron chi connectivity index (χ4n) is 5.06. The highest BCUT2D eigenvalue weighted by molar-refractivity contribution is 7.47. The summed E-state index contributed by atoms with van der Waals surface area (Å²) in [6.07, 6.45) is 37.4. The molecule has 3 N–H and O–H groups in total. The summed E-state index contributed by atoms with van der Waals surface area (Å²) >= 11 is 0. The summed E-state index contributed by atoms with van der Waals surface area (Å²) in [6.45, 7) is 3.63. The Bertz CT molecular complexity index is 907. The number of carbonyl (C=O) groups excluding carboxylic acids is 2. The van der Waals surface area contributed by atoms with E-state index in [1.165, 1.54) is 57.8 Å². The molecule has 0 bridgehead atoms. The first-order valence-corrected chi connectivity index (χ1v) is 21.0. The zero-order valence-corrected chi connectivity index (χ0v) is 32.1. The van der Waals surface area contributed by atoms with Gasteiger partial charge in [-0.1, -0.05) is 127 Å². The molecule has 0 aromatic heterocycles. The van der Waals surface area contributed by atoms with Gasteiger partial charge in [0.05, 0.1) is 13.2 Å². The minimum atomic E-state index is -4.37. The normalized spacial score (nSPS) is 13.8. The van der Waals surface area contributed by atoms with Crippen LogP contribution in [0.1, 0.15) is 168 Å². The van der Waals surface area contributed by atoms with Crippen LogP contribution in [0.4, 0.5) is 0 Å². The Morgan fingerprint density at radius 3 is 1.63 bits per heavy atom. The summed E-state index contributed by atoms with van der Waals surface area (Å²) < 4.78 is 32.6. The number of nitrogens with two attached hydrogens (primary N) is 1. The van der Waals surface area contributed by atoms with E-state index in [9.17, 15) is 19.0 Å². The molecule has 0 radical (unpaired) electrons. The van der Waals surface area contributed by atoms with Crippen LogP contribution in [0, 0.1) is 0 Å². The third kappa shape index (κ3) is 35.8. The molecule has 9 nitrogen and oxygen atoms in total. The molecule has 0 aliphatic carbocycles. The van der Waals surface area contributed by atoms with Crippen LogP contribution in [-0.2, 0) is 32.7 Å². The molecule has 10 heteroatoms. The van der Waals surface area contributed by atoms with Crippen molar-refractivity contribution >= 4 is 19.8 Å². The van der Waals surface area contributed by atoms with Crippen molar-refractivity contribution in [2.45, 2.75) is 174 Å². The summed E-state index contributed by atoms with van der Waals surface area (Å²) in [6, 6.07) is 0. The molecule has 0 aliphatic rings. The largest absolute Gasteiger partial charge is 0.472 e. The molecule has 0 saturated heterocycles. The Morgan fingerprint density at radius 2 is 1.08 bits per heavy atom. The van der Waals surface area contributed by atoms with Gasteiger partial charge in [-0.25, -0.2) is 4.57 Å². The van der Waals surface area contributed by atoms with E-state index >= 15 is 0 Å². The van der Waals surface area contributed by atoms with Gasteiger partial charge in [0.25, 0.3) is 0 Å². The number of phosphoric ester groups is 1. The number of allylic oxidation sites excluding steroid dienone is 6. The van der Waals surface area contributed by atoms with E-state index in [1.54, 1.807) is 0 Å². The minimum absolute atomic E-state index is 0.0504. The molecule has 2 atom stereocenters. The maximum absolute atomic E-state index is 12.5. The SMILES string of the molecule is CCCCC=CCCCCCCCC(=O)OC(COC(=O)CCCCCCCCCC=CCC=CCCCCC)COP(=O)(O)OCCN. The molecular weight excluding hydrogens is 641 g/mol. The fraction of sp³-hybridized carbons (Fsp3) is 0.795. The lowest BCUT2D eigenvalue weighted by Crippen LogP contribution is -2.29. The summed E-state index contributed by atoms with van der Waals surface area (Å²) in [5.74, 6) is -0.851. The van der Waals surface area contributed by atoms with E-state index < -0.39 is 32.5 Å². The van der Waals surface area contributed by atoms with Crippen molar-refractivity contribution < 1.29 is 37.6 Å². The molecule has 0 fully saturated rings. The number of unbranched alkanes of at least 4 members (excludes halogenated alkanes) is 17. The lowest BCUT2D eigenvalue weighted by Gasteiger charge is -2.19. The molecule has 0 aliphatic heterocycles. The molecular formula is C39H72NO8P. The predicted molar refractivity (Wildman–Crippen MR) is 201 cm³/mol. The molecule has 49 heavy (non-hydrogen) atoms. The quantitative estimate of drug-likeness (QED) is 0.0281. The second-order valence-electron chi connectivity index (χ2n) is 12.8. The van der Waals surface area contributed by atoms with Crippen LogP contribution in [-0.4, -0.2) is 49.3 Å². The van der Waals surface area contributed by atoms with Gasteiger partial charge in [0, 0.05) is 19.4 Å². The Kier molecular flexibility index (Phi) is 34.7. The highest BCUT2D eigenvalue weighted by Crippen LogP contribution is 2.43. The standard InChI is InChI=1S/C39H72NO8P/c1-3-5-7-9-11-13-15-16-17-18-19-20-22-23-25-27-29-31-38(41)45-35-37(36-47-49(43,44)46-34-33-40)48-39(42)32-30-28-26-24-21-14-12-10-8-6-4-2/h10-13,16-17,37H,3-9,14-15,18-36,40H2,1-2H3,(H,43,44). The van der Waals surface area contributed by atoms with Gasteiger partial charge in [-0.2, -0.15) is 0 Å². The van der Waals surface area contributed by atoms with Gasteiger partial charge in [-0.3, -0.25) is 18.6 Å². The number of esters is 2. The zero-order chi connectivity index (χ0) is 36.1. The molecule has 0 rings (SSSR count). The summed E-state index contributed by atoms with van der Waals surface area (Å²) in [5.41, 5.74) is 5.33. The molecule has 286 valence electrons. The highest BCUT2D eigenvalue weighted by Gasteiger charge is 2.25. The van der Waals surface area contributed by atoms with Gasteiger partial charge in [0.1, 0.15) is 6.61 Å². The summed E-state index contributed by atoms with van der Waals surface area (Å²) in [5, 5.41) is 0. The summed E-state index contributed by atoms with van der Waals surface area (Å²) in [4.78, 5) is 34.7. The van der Waals surface area contributed by atoms with Crippen molar-refractivity contribution in [3.8, 4) is 0 Å². The van der Waals surface area contributed by atoms with E-state index in [-0.39, 0.29) is 32.6 Å². The van der Waals surface area contributed by atoms with Crippen molar-refractivity contribution in [3.05, 3.63) is 36.5 Å². The van der Waals surface area contributed by atoms with Gasteiger partial charge >= 0.3 is 19.8 Å². The maximum Gasteiger partial charge on any atom is 0.472 e. The number of hydrogen-bond donors (Lipinski definition) is 2. The Balaban J connectivity index is 4.20. The molecule has 0 spiro atoms. The molecule has 0 aromatic carbocycles. The molecule has 0 aromatic rings.